The Kier molecular flexibility index (Phi) is 3.47. The zero-order valence-electron chi connectivity index (χ0n) is 4.98. The lowest BCUT2D eigenvalue weighted by atomic mass is 10.7. The van der Waals surface area contributed by atoms with Crippen molar-refractivity contribution in [1.29, 1.82) is 0 Å². The molecule has 0 fully saturated rings. The molecule has 0 radical (unpaired) electrons. The number of rotatable bonds is 0. The van der Waals surface area contributed by atoms with Crippen LogP contribution >= 0.6 is 0 Å². The van der Waals surface area contributed by atoms with E-state index in [4.69, 9.17) is 20.7 Å². The third kappa shape index (κ3) is 6.28. The van der Waals surface area contributed by atoms with Crippen LogP contribution in [0.5, 0.6) is 0 Å². The number of nitrogens with two attached hydrogens (primary N) is 1. The van der Waals surface area contributed by atoms with Gasteiger partial charge in [0.1, 0.15) is 5.82 Å². The molecule has 0 amide bonds. The van der Waals surface area contributed by atoms with Gasteiger partial charge in [-0.3, -0.25) is 5.10 Å². The number of aromatic nitrogens is 2. The summed E-state index contributed by atoms with van der Waals surface area (Å²) in [4.78, 5) is 8.56. The maximum Gasteiger partial charge on any atom is 0.503 e. The molecule has 1 aromatic rings. The summed E-state index contributed by atoms with van der Waals surface area (Å²) in [6, 6.07) is 1.69. The number of hydrogen-bond acceptors (Lipinski definition) is 3. The van der Waals surface area contributed by atoms with Gasteiger partial charge in [-0.25, -0.2) is 4.79 Å². The largest absolute Gasteiger partial charge is 0.503 e. The maximum absolute atomic E-state index is 8.56. The van der Waals surface area contributed by atoms with Crippen LogP contribution in [0.3, 0.4) is 0 Å². The van der Waals surface area contributed by atoms with E-state index in [1.54, 1.807) is 12.3 Å². The molecule has 1 rings (SSSR count). The third-order valence-corrected chi connectivity index (χ3v) is 0.522. The molecule has 0 aliphatic rings. The molecule has 0 saturated carbocycles. The Hall–Kier alpha value is -1.72. The van der Waals surface area contributed by atoms with Gasteiger partial charge < -0.3 is 15.9 Å². The van der Waals surface area contributed by atoms with Crippen LogP contribution in [-0.2, 0) is 0 Å². The van der Waals surface area contributed by atoms with Crippen molar-refractivity contribution in [2.24, 2.45) is 0 Å². The molecule has 0 atom stereocenters. The van der Waals surface area contributed by atoms with Gasteiger partial charge in [0.25, 0.3) is 0 Å². The molecule has 0 aliphatic carbocycles. The first-order chi connectivity index (χ1) is 4.63. The lowest BCUT2D eigenvalue weighted by Gasteiger charge is -1.70. The van der Waals surface area contributed by atoms with E-state index in [9.17, 15) is 0 Å². The Balaban J connectivity index is 0.000000180. The molecule has 0 saturated heterocycles. The SMILES string of the molecule is Nc1ccn[nH]1.O=C(O)O. The molecule has 1 heterocycles. The fraction of sp³-hybridized carbons (Fsp3) is 0. The first-order valence-electron chi connectivity index (χ1n) is 2.29. The Morgan fingerprint density at radius 1 is 1.70 bits per heavy atom. The quantitative estimate of drug-likeness (QED) is 0.417. The van der Waals surface area contributed by atoms with Crippen molar-refractivity contribution in [3.8, 4) is 0 Å². The molecule has 0 unspecified atom stereocenters. The van der Waals surface area contributed by atoms with E-state index >= 15 is 0 Å². The van der Waals surface area contributed by atoms with Crippen LogP contribution in [0, 0.1) is 0 Å². The second kappa shape index (κ2) is 4.19. The van der Waals surface area contributed by atoms with Crippen molar-refractivity contribution in [1.82, 2.24) is 10.2 Å². The monoisotopic (exact) mass is 145 g/mol. The van der Waals surface area contributed by atoms with E-state index in [0.717, 1.165) is 0 Å². The first-order valence-corrected chi connectivity index (χ1v) is 2.29. The van der Waals surface area contributed by atoms with E-state index < -0.39 is 6.16 Å². The topological polar surface area (TPSA) is 112 Å². The van der Waals surface area contributed by atoms with Crippen LogP contribution in [0.15, 0.2) is 12.3 Å². The molecule has 0 aromatic carbocycles. The van der Waals surface area contributed by atoms with Gasteiger partial charge in [0.15, 0.2) is 0 Å². The van der Waals surface area contributed by atoms with Crippen LogP contribution < -0.4 is 5.73 Å². The summed E-state index contributed by atoms with van der Waals surface area (Å²) in [5.74, 6) is 0.606. The summed E-state index contributed by atoms with van der Waals surface area (Å²) in [7, 11) is 0. The summed E-state index contributed by atoms with van der Waals surface area (Å²) in [6.07, 6.45) is -0.227. The van der Waals surface area contributed by atoms with Crippen LogP contribution in [0.1, 0.15) is 0 Å². The molecule has 0 bridgehead atoms. The predicted octanol–water partition coefficient (Wildman–Crippen LogP) is 0.214. The number of H-pyrrole nitrogens is 1. The highest BCUT2D eigenvalue weighted by Crippen LogP contribution is 1.86. The number of anilines is 1. The molecule has 5 N–H and O–H groups in total. The smallest absolute Gasteiger partial charge is 0.450 e. The zero-order chi connectivity index (χ0) is 7.98. The van der Waals surface area contributed by atoms with Crippen LogP contribution in [0.2, 0.25) is 0 Å². The average Bonchev–Trinajstić information content (AvgIpc) is 2.15. The Morgan fingerprint density at radius 3 is 2.30 bits per heavy atom. The second-order valence-electron chi connectivity index (χ2n) is 1.29. The maximum atomic E-state index is 8.56. The molecule has 56 valence electrons. The van der Waals surface area contributed by atoms with Gasteiger partial charge in [-0.15, -0.1) is 0 Å². The number of hydrogen-bond donors (Lipinski definition) is 4. The second-order valence-corrected chi connectivity index (χ2v) is 1.29. The first kappa shape index (κ1) is 8.28. The number of nitrogens with one attached hydrogen (secondary N) is 1. The molecule has 0 aliphatic heterocycles. The van der Waals surface area contributed by atoms with Crippen LogP contribution in [-0.4, -0.2) is 26.6 Å². The third-order valence-electron chi connectivity index (χ3n) is 0.522. The predicted molar refractivity (Wildman–Crippen MR) is 33.7 cm³/mol. The highest BCUT2D eigenvalue weighted by Gasteiger charge is 1.74. The van der Waals surface area contributed by atoms with Gasteiger partial charge in [0, 0.05) is 0 Å². The van der Waals surface area contributed by atoms with E-state index in [1.807, 2.05) is 0 Å². The van der Waals surface area contributed by atoms with Crippen molar-refractivity contribution >= 4 is 12.0 Å². The number of carbonyl (C=O) groups is 1. The van der Waals surface area contributed by atoms with E-state index in [2.05, 4.69) is 10.2 Å². The van der Waals surface area contributed by atoms with Gasteiger partial charge in [0.2, 0.25) is 0 Å². The Labute approximate surface area is 56.3 Å². The lowest BCUT2D eigenvalue weighted by Crippen LogP contribution is -1.81. The molecular weight excluding hydrogens is 138 g/mol. The molecule has 0 spiro atoms. The van der Waals surface area contributed by atoms with E-state index in [1.165, 1.54) is 0 Å². The summed E-state index contributed by atoms with van der Waals surface area (Å²) < 4.78 is 0. The van der Waals surface area contributed by atoms with Gasteiger partial charge in [0.05, 0.1) is 6.20 Å². The van der Waals surface area contributed by atoms with Gasteiger partial charge in [-0.1, -0.05) is 0 Å². The molecule has 1 aromatic heterocycles. The highest BCUT2D eigenvalue weighted by molar-refractivity contribution is 5.53. The molecule has 6 nitrogen and oxygen atoms in total. The van der Waals surface area contributed by atoms with Crippen molar-refractivity contribution in [3.05, 3.63) is 12.3 Å². The highest BCUT2D eigenvalue weighted by atomic mass is 16.6. The minimum absolute atomic E-state index is 0.606. The van der Waals surface area contributed by atoms with Crippen molar-refractivity contribution in [2.75, 3.05) is 5.73 Å². The zero-order valence-corrected chi connectivity index (χ0v) is 4.98. The number of aromatic amines is 1. The molecule has 6 heteroatoms. The Morgan fingerprint density at radius 2 is 2.20 bits per heavy atom. The van der Waals surface area contributed by atoms with Gasteiger partial charge in [-0.2, -0.15) is 5.10 Å². The fourth-order valence-electron chi connectivity index (χ4n) is 0.267. The van der Waals surface area contributed by atoms with Gasteiger partial charge >= 0.3 is 6.16 Å². The van der Waals surface area contributed by atoms with Gasteiger partial charge in [-0.05, 0) is 6.07 Å². The number of nitrogen functional groups attached to an aromatic ring is 1. The Bertz CT molecular complexity index is 180. The minimum atomic E-state index is -1.83. The van der Waals surface area contributed by atoms with Crippen LogP contribution in [0.25, 0.3) is 0 Å². The average molecular weight is 145 g/mol. The molecular formula is C4H7N3O3. The summed E-state index contributed by atoms with van der Waals surface area (Å²) in [5, 5.41) is 20.0. The van der Waals surface area contributed by atoms with E-state index in [-0.39, 0.29) is 0 Å². The number of nitrogens with zero attached hydrogens (tertiary/aromatic N) is 1. The van der Waals surface area contributed by atoms with Crippen molar-refractivity contribution in [2.45, 2.75) is 0 Å². The summed E-state index contributed by atoms with van der Waals surface area (Å²) in [6.45, 7) is 0. The van der Waals surface area contributed by atoms with Crippen LogP contribution in [0.4, 0.5) is 10.6 Å². The lowest BCUT2D eigenvalue weighted by molar-refractivity contribution is 0.137. The molecule has 10 heavy (non-hydrogen) atoms. The number of carboxylic acid groups (broad SMARTS) is 2. The minimum Gasteiger partial charge on any atom is -0.450 e. The van der Waals surface area contributed by atoms with E-state index in [0.29, 0.717) is 5.82 Å². The standard InChI is InChI=1S/C3H5N3.CH2O3/c4-3-1-2-5-6-3;2-1(3)4/h1-2H,(H3,4,5,6);(H2,2,3,4). The summed E-state index contributed by atoms with van der Waals surface area (Å²) >= 11 is 0. The van der Waals surface area contributed by atoms with Crippen molar-refractivity contribution < 1.29 is 15.0 Å². The van der Waals surface area contributed by atoms with Crippen molar-refractivity contribution in [3.63, 3.8) is 0 Å². The normalized spacial score (nSPS) is 7.60. The fourth-order valence-corrected chi connectivity index (χ4v) is 0.267. The summed E-state index contributed by atoms with van der Waals surface area (Å²) in [5.41, 5.74) is 5.16.